The van der Waals surface area contributed by atoms with Crippen LogP contribution in [0.2, 0.25) is 0 Å². The first-order chi connectivity index (χ1) is 7.38. The Bertz CT molecular complexity index is 282. The Labute approximate surface area is 94.0 Å². The van der Waals surface area contributed by atoms with Crippen molar-refractivity contribution in [3.05, 3.63) is 42.0 Å². The van der Waals surface area contributed by atoms with E-state index in [1.165, 1.54) is 43.2 Å². The van der Waals surface area contributed by atoms with Gasteiger partial charge in [0.2, 0.25) is 0 Å². The Morgan fingerprint density at radius 3 is 2.40 bits per heavy atom. The van der Waals surface area contributed by atoms with E-state index in [0.29, 0.717) is 0 Å². The van der Waals surface area contributed by atoms with Gasteiger partial charge in [0.25, 0.3) is 0 Å². The topological polar surface area (TPSA) is 0 Å². The van der Waals surface area contributed by atoms with Gasteiger partial charge in [-0.05, 0) is 30.4 Å². The zero-order chi connectivity index (χ0) is 10.9. The highest BCUT2D eigenvalue weighted by atomic mass is 14.0. The van der Waals surface area contributed by atoms with Crippen LogP contribution in [0.15, 0.2) is 36.4 Å². The van der Waals surface area contributed by atoms with E-state index in [-0.39, 0.29) is 0 Å². The number of hydrogen-bond donors (Lipinski definition) is 0. The quantitative estimate of drug-likeness (QED) is 0.605. The standard InChI is InChI=1S/C15H22/c1-3-5-10-14(11-6-4-2)15-12-8-7-9-13-15/h7-10,12-13H,3-6,11H2,1-2H3/b14-10-. The summed E-state index contributed by atoms with van der Waals surface area (Å²) < 4.78 is 0. The van der Waals surface area contributed by atoms with Gasteiger partial charge in [-0.25, -0.2) is 0 Å². The molecular weight excluding hydrogens is 180 g/mol. The van der Waals surface area contributed by atoms with E-state index < -0.39 is 0 Å². The van der Waals surface area contributed by atoms with E-state index in [4.69, 9.17) is 0 Å². The zero-order valence-electron chi connectivity index (χ0n) is 10.00. The van der Waals surface area contributed by atoms with E-state index in [2.05, 4.69) is 50.3 Å². The summed E-state index contributed by atoms with van der Waals surface area (Å²) >= 11 is 0. The fraction of sp³-hybridized carbons (Fsp3) is 0.467. The first-order valence-corrected chi connectivity index (χ1v) is 6.13. The van der Waals surface area contributed by atoms with Crippen molar-refractivity contribution in [2.45, 2.75) is 46.0 Å². The number of benzene rings is 1. The third-order valence-corrected chi connectivity index (χ3v) is 2.62. The molecule has 0 N–H and O–H groups in total. The molecule has 1 aromatic rings. The van der Waals surface area contributed by atoms with Crippen LogP contribution in [0.4, 0.5) is 0 Å². The average Bonchev–Trinajstić information content (AvgIpc) is 2.30. The Hall–Kier alpha value is -1.04. The maximum Gasteiger partial charge on any atom is -0.0228 e. The van der Waals surface area contributed by atoms with Gasteiger partial charge in [0, 0.05) is 0 Å². The second-order valence-electron chi connectivity index (χ2n) is 3.99. The summed E-state index contributed by atoms with van der Waals surface area (Å²) in [6.45, 7) is 4.49. The zero-order valence-corrected chi connectivity index (χ0v) is 10.00. The molecule has 0 aliphatic rings. The smallest absolute Gasteiger partial charge is 0.0228 e. The van der Waals surface area contributed by atoms with E-state index in [1.807, 2.05) is 0 Å². The summed E-state index contributed by atoms with van der Waals surface area (Å²) in [6, 6.07) is 10.8. The van der Waals surface area contributed by atoms with E-state index >= 15 is 0 Å². The lowest BCUT2D eigenvalue weighted by atomic mass is 9.99. The van der Waals surface area contributed by atoms with Crippen LogP contribution in [-0.4, -0.2) is 0 Å². The molecule has 1 rings (SSSR count). The Balaban J connectivity index is 2.72. The van der Waals surface area contributed by atoms with Gasteiger partial charge in [-0.15, -0.1) is 0 Å². The van der Waals surface area contributed by atoms with Gasteiger partial charge < -0.3 is 0 Å². The molecule has 82 valence electrons. The van der Waals surface area contributed by atoms with Crippen LogP contribution < -0.4 is 0 Å². The molecule has 0 heteroatoms. The molecule has 0 atom stereocenters. The molecule has 0 radical (unpaired) electrons. The van der Waals surface area contributed by atoms with E-state index in [1.54, 1.807) is 0 Å². The average molecular weight is 202 g/mol. The second kappa shape index (κ2) is 7.28. The summed E-state index contributed by atoms with van der Waals surface area (Å²) in [7, 11) is 0. The van der Waals surface area contributed by atoms with Gasteiger partial charge in [0.05, 0.1) is 0 Å². The Kier molecular flexibility index (Phi) is 5.84. The fourth-order valence-corrected chi connectivity index (χ4v) is 1.70. The van der Waals surface area contributed by atoms with E-state index in [0.717, 1.165) is 0 Å². The normalized spacial score (nSPS) is 11.7. The highest BCUT2D eigenvalue weighted by molar-refractivity contribution is 5.65. The molecule has 0 nitrogen and oxygen atoms in total. The molecule has 0 saturated carbocycles. The third kappa shape index (κ3) is 4.33. The Morgan fingerprint density at radius 1 is 1.07 bits per heavy atom. The van der Waals surface area contributed by atoms with Crippen molar-refractivity contribution in [2.24, 2.45) is 0 Å². The van der Waals surface area contributed by atoms with Gasteiger partial charge in [-0.3, -0.25) is 0 Å². The van der Waals surface area contributed by atoms with Crippen molar-refractivity contribution < 1.29 is 0 Å². The van der Waals surface area contributed by atoms with Gasteiger partial charge >= 0.3 is 0 Å². The molecule has 0 saturated heterocycles. The number of unbranched alkanes of at least 4 members (excludes halogenated alkanes) is 2. The number of hydrogen-bond acceptors (Lipinski definition) is 0. The third-order valence-electron chi connectivity index (χ3n) is 2.62. The van der Waals surface area contributed by atoms with Crippen LogP contribution in [0, 0.1) is 0 Å². The predicted molar refractivity (Wildman–Crippen MR) is 68.9 cm³/mol. The van der Waals surface area contributed by atoms with Crippen molar-refractivity contribution in [3.63, 3.8) is 0 Å². The van der Waals surface area contributed by atoms with Crippen molar-refractivity contribution >= 4 is 5.57 Å². The van der Waals surface area contributed by atoms with Gasteiger partial charge in [0.15, 0.2) is 0 Å². The van der Waals surface area contributed by atoms with Crippen LogP contribution >= 0.6 is 0 Å². The molecule has 0 unspecified atom stereocenters. The molecule has 0 fully saturated rings. The first-order valence-electron chi connectivity index (χ1n) is 6.13. The van der Waals surface area contributed by atoms with Crippen LogP contribution in [0.5, 0.6) is 0 Å². The lowest BCUT2D eigenvalue weighted by molar-refractivity contribution is 0.820. The predicted octanol–water partition coefficient (Wildman–Crippen LogP) is 5.06. The summed E-state index contributed by atoms with van der Waals surface area (Å²) in [4.78, 5) is 0. The highest BCUT2D eigenvalue weighted by Gasteiger charge is 1.99. The SMILES string of the molecule is CCC/C=C(/CCCC)c1ccccc1. The lowest BCUT2D eigenvalue weighted by Crippen LogP contribution is -1.85. The lowest BCUT2D eigenvalue weighted by Gasteiger charge is -2.07. The minimum atomic E-state index is 1.20. The molecule has 15 heavy (non-hydrogen) atoms. The largest absolute Gasteiger partial charge is 0.0807 e. The minimum absolute atomic E-state index is 1.20. The monoisotopic (exact) mass is 202 g/mol. The maximum atomic E-state index is 2.41. The maximum absolute atomic E-state index is 2.41. The summed E-state index contributed by atoms with van der Waals surface area (Å²) in [5.41, 5.74) is 2.93. The Morgan fingerprint density at radius 2 is 1.80 bits per heavy atom. The summed E-state index contributed by atoms with van der Waals surface area (Å²) in [5.74, 6) is 0. The molecule has 0 aliphatic carbocycles. The molecule has 0 amide bonds. The van der Waals surface area contributed by atoms with Crippen molar-refractivity contribution in [1.82, 2.24) is 0 Å². The molecule has 0 spiro atoms. The fourth-order valence-electron chi connectivity index (χ4n) is 1.70. The van der Waals surface area contributed by atoms with Crippen LogP contribution in [-0.2, 0) is 0 Å². The van der Waals surface area contributed by atoms with Crippen molar-refractivity contribution in [2.75, 3.05) is 0 Å². The summed E-state index contributed by atoms with van der Waals surface area (Å²) in [5, 5.41) is 0. The number of rotatable bonds is 6. The number of allylic oxidation sites excluding steroid dienone is 2. The molecular formula is C15H22. The van der Waals surface area contributed by atoms with Crippen LogP contribution in [0.1, 0.15) is 51.5 Å². The van der Waals surface area contributed by atoms with Crippen molar-refractivity contribution in [3.8, 4) is 0 Å². The van der Waals surface area contributed by atoms with E-state index in [9.17, 15) is 0 Å². The molecule has 0 aliphatic heterocycles. The summed E-state index contributed by atoms with van der Waals surface area (Å²) in [6.07, 6.45) is 8.64. The van der Waals surface area contributed by atoms with Gasteiger partial charge in [-0.2, -0.15) is 0 Å². The van der Waals surface area contributed by atoms with Crippen LogP contribution in [0.3, 0.4) is 0 Å². The molecule has 0 aromatic heterocycles. The minimum Gasteiger partial charge on any atom is -0.0807 e. The second-order valence-corrected chi connectivity index (χ2v) is 3.99. The molecule has 1 aromatic carbocycles. The molecule has 0 bridgehead atoms. The van der Waals surface area contributed by atoms with Gasteiger partial charge in [0.1, 0.15) is 0 Å². The van der Waals surface area contributed by atoms with Gasteiger partial charge in [-0.1, -0.05) is 63.1 Å². The highest BCUT2D eigenvalue weighted by Crippen LogP contribution is 2.21. The first kappa shape index (κ1) is 12.0. The van der Waals surface area contributed by atoms with Crippen molar-refractivity contribution in [1.29, 1.82) is 0 Å². The van der Waals surface area contributed by atoms with Crippen LogP contribution in [0.25, 0.3) is 5.57 Å². The molecule has 0 heterocycles.